The van der Waals surface area contributed by atoms with Crippen molar-refractivity contribution in [1.82, 2.24) is 10.6 Å². The van der Waals surface area contributed by atoms with Crippen LogP contribution < -0.4 is 10.6 Å². The smallest absolute Gasteiger partial charge is 0.396 e. The highest BCUT2D eigenvalue weighted by molar-refractivity contribution is 6.32. The van der Waals surface area contributed by atoms with E-state index < -0.39 is 11.9 Å². The number of hydrogen-bond acceptors (Lipinski definition) is 8. The molecule has 0 aliphatic heterocycles. The first-order valence-corrected chi connectivity index (χ1v) is 12.6. The van der Waals surface area contributed by atoms with Crippen LogP contribution in [-0.4, -0.2) is 64.1 Å². The minimum absolute atomic E-state index is 0.156. The molecular weight excluding hydrogens is 456 g/mol. The van der Waals surface area contributed by atoms with Gasteiger partial charge in [-0.05, 0) is 32.1 Å². The first-order chi connectivity index (χ1) is 16.8. The summed E-state index contributed by atoms with van der Waals surface area (Å²) >= 11 is 0. The molecule has 204 valence electrons. The quantitative estimate of drug-likeness (QED) is 0.126. The predicted octanol–water partition coefficient (Wildman–Crippen LogP) is 3.21. The summed E-state index contributed by atoms with van der Waals surface area (Å²) in [5, 5.41) is 5.33. The van der Waals surface area contributed by atoms with Crippen molar-refractivity contribution >= 4 is 29.7 Å². The highest BCUT2D eigenvalue weighted by atomic mass is 16.5. The van der Waals surface area contributed by atoms with Crippen LogP contribution in [0.2, 0.25) is 0 Å². The Morgan fingerprint density at radius 2 is 1.00 bits per heavy atom. The molecule has 0 atom stereocenters. The summed E-state index contributed by atoms with van der Waals surface area (Å²) in [6.45, 7) is 3.30. The second-order valence-electron chi connectivity index (χ2n) is 8.04. The maximum Gasteiger partial charge on any atom is 0.396 e. The monoisotopic (exact) mass is 502 g/mol. The normalized spacial score (nSPS) is 9.83. The zero-order valence-corrected chi connectivity index (χ0v) is 22.1. The van der Waals surface area contributed by atoms with Gasteiger partial charge in [-0.3, -0.25) is 19.2 Å². The molecule has 0 saturated heterocycles. The molecule has 2 amide bonds. The lowest BCUT2D eigenvalue weighted by Crippen LogP contribution is -2.32. The summed E-state index contributed by atoms with van der Waals surface area (Å²) in [7, 11) is 3.90. The lowest BCUT2D eigenvalue weighted by molar-refractivity contribution is -0.152. The van der Waals surface area contributed by atoms with Crippen molar-refractivity contribution < 1.29 is 38.2 Å². The largest absolute Gasteiger partial charge is 0.469 e. The Kier molecular flexibility index (Phi) is 25.6. The highest BCUT2D eigenvalue weighted by Crippen LogP contribution is 2.05. The summed E-state index contributed by atoms with van der Waals surface area (Å²) in [5.41, 5.74) is 0. The van der Waals surface area contributed by atoms with Gasteiger partial charge >= 0.3 is 23.8 Å². The fourth-order valence-electron chi connectivity index (χ4n) is 2.92. The molecule has 35 heavy (non-hydrogen) atoms. The fourth-order valence-corrected chi connectivity index (χ4v) is 2.92. The molecule has 0 spiro atoms. The molecule has 2 N–H and O–H groups in total. The molecule has 10 nitrogen and oxygen atoms in total. The molecule has 0 bridgehead atoms. The van der Waals surface area contributed by atoms with Crippen LogP contribution in [0.15, 0.2) is 0 Å². The van der Waals surface area contributed by atoms with Gasteiger partial charge in [0.2, 0.25) is 5.91 Å². The average molecular weight is 503 g/mol. The fraction of sp³-hybridized carbons (Fsp3) is 0.800. The van der Waals surface area contributed by atoms with Crippen LogP contribution in [0.25, 0.3) is 0 Å². The maximum atomic E-state index is 11.5. The Morgan fingerprint density at radius 1 is 0.543 bits per heavy atom. The third kappa shape index (κ3) is 25.8. The van der Waals surface area contributed by atoms with Gasteiger partial charge < -0.3 is 24.8 Å². The van der Waals surface area contributed by atoms with E-state index in [2.05, 4.69) is 31.8 Å². The van der Waals surface area contributed by atoms with Crippen LogP contribution in [-0.2, 0) is 38.2 Å². The first-order valence-electron chi connectivity index (χ1n) is 12.6. The Hall–Kier alpha value is -2.65. The summed E-state index contributed by atoms with van der Waals surface area (Å²) in [4.78, 5) is 54.6. The van der Waals surface area contributed by atoms with E-state index in [0.717, 1.165) is 52.2 Å². The number of nitrogens with one attached hydrogen (secondary N) is 2. The number of carbonyl (C=O) groups excluding carboxylic acids is 5. The SMILES string of the molecule is CCCCCCCC(=O)NCCCCCC(=O)OC.COC(=O)CCCCCNC(=O)C(=O)OC. The van der Waals surface area contributed by atoms with Gasteiger partial charge in [0.25, 0.3) is 0 Å². The van der Waals surface area contributed by atoms with Crippen molar-refractivity contribution in [2.45, 2.75) is 96.8 Å². The van der Waals surface area contributed by atoms with Crippen LogP contribution in [0.5, 0.6) is 0 Å². The van der Waals surface area contributed by atoms with Crippen molar-refractivity contribution in [2.24, 2.45) is 0 Å². The average Bonchev–Trinajstić information content (AvgIpc) is 2.87. The number of hydrogen-bond donors (Lipinski definition) is 2. The number of unbranched alkanes of at least 4 members (excludes halogenated alkanes) is 8. The van der Waals surface area contributed by atoms with Crippen molar-refractivity contribution in [3.63, 3.8) is 0 Å². The van der Waals surface area contributed by atoms with Crippen molar-refractivity contribution in [3.05, 3.63) is 0 Å². The summed E-state index contributed by atoms with van der Waals surface area (Å²) in [6.07, 6.45) is 12.3. The predicted molar refractivity (Wildman–Crippen MR) is 132 cm³/mol. The number of carbonyl (C=O) groups is 5. The van der Waals surface area contributed by atoms with Crippen LogP contribution >= 0.6 is 0 Å². The molecule has 0 heterocycles. The van der Waals surface area contributed by atoms with Gasteiger partial charge in [0.15, 0.2) is 0 Å². The van der Waals surface area contributed by atoms with E-state index in [1.165, 1.54) is 33.5 Å². The summed E-state index contributed by atoms with van der Waals surface area (Å²) < 4.78 is 13.3. The zero-order chi connectivity index (χ0) is 26.7. The lowest BCUT2D eigenvalue weighted by Gasteiger charge is -2.05. The number of rotatable bonds is 18. The Labute approximate surface area is 210 Å². The van der Waals surface area contributed by atoms with E-state index in [1.54, 1.807) is 0 Å². The van der Waals surface area contributed by atoms with Gasteiger partial charge in [0.05, 0.1) is 21.3 Å². The van der Waals surface area contributed by atoms with E-state index in [1.807, 2.05) is 0 Å². The van der Waals surface area contributed by atoms with Gasteiger partial charge in [-0.15, -0.1) is 0 Å². The second kappa shape index (κ2) is 26.0. The van der Waals surface area contributed by atoms with Gasteiger partial charge in [0, 0.05) is 32.4 Å². The van der Waals surface area contributed by atoms with Gasteiger partial charge in [-0.1, -0.05) is 45.4 Å². The van der Waals surface area contributed by atoms with E-state index in [-0.39, 0.29) is 17.8 Å². The van der Waals surface area contributed by atoms with Gasteiger partial charge in [-0.25, -0.2) is 4.79 Å². The number of ether oxygens (including phenoxy) is 3. The minimum atomic E-state index is -0.894. The van der Waals surface area contributed by atoms with E-state index in [4.69, 9.17) is 0 Å². The molecule has 0 saturated carbocycles. The molecule has 0 aromatic carbocycles. The third-order valence-electron chi connectivity index (χ3n) is 5.06. The van der Waals surface area contributed by atoms with E-state index in [0.29, 0.717) is 38.6 Å². The number of esters is 3. The Morgan fingerprint density at radius 3 is 1.49 bits per heavy atom. The highest BCUT2D eigenvalue weighted by Gasteiger charge is 2.11. The molecule has 0 unspecified atom stereocenters. The minimum Gasteiger partial charge on any atom is -0.469 e. The third-order valence-corrected chi connectivity index (χ3v) is 5.06. The molecule has 0 aliphatic carbocycles. The Balaban J connectivity index is 0. The number of amides is 2. The second-order valence-corrected chi connectivity index (χ2v) is 8.04. The van der Waals surface area contributed by atoms with Crippen molar-refractivity contribution in [3.8, 4) is 0 Å². The summed E-state index contributed by atoms with van der Waals surface area (Å²) in [6, 6.07) is 0. The molecule has 0 aromatic rings. The van der Waals surface area contributed by atoms with Gasteiger partial charge in [0.1, 0.15) is 0 Å². The zero-order valence-electron chi connectivity index (χ0n) is 22.1. The molecule has 0 aromatic heterocycles. The van der Waals surface area contributed by atoms with Crippen molar-refractivity contribution in [2.75, 3.05) is 34.4 Å². The summed E-state index contributed by atoms with van der Waals surface area (Å²) in [5.74, 6) is -1.87. The molecular formula is C25H46N2O8. The van der Waals surface area contributed by atoms with Crippen LogP contribution in [0.4, 0.5) is 0 Å². The van der Waals surface area contributed by atoms with E-state index >= 15 is 0 Å². The topological polar surface area (TPSA) is 137 Å². The molecule has 0 radical (unpaired) electrons. The molecule has 10 heteroatoms. The maximum absolute atomic E-state index is 11.5. The van der Waals surface area contributed by atoms with Crippen molar-refractivity contribution in [1.29, 1.82) is 0 Å². The van der Waals surface area contributed by atoms with Crippen LogP contribution in [0.3, 0.4) is 0 Å². The standard InChI is InChI=1S/C15H29NO3.C10H17NO5/c1-3-4-5-6-8-11-14(17)16-13-10-7-9-12-15(18)19-2;1-15-8(12)6-4-3-5-7-11-9(13)10(14)16-2/h3-13H2,1-2H3,(H,16,17);3-7H2,1-2H3,(H,11,13). The van der Waals surface area contributed by atoms with E-state index in [9.17, 15) is 24.0 Å². The molecule has 0 rings (SSSR count). The van der Waals surface area contributed by atoms with Gasteiger partial charge in [-0.2, -0.15) is 0 Å². The first kappa shape index (κ1) is 34.5. The lowest BCUT2D eigenvalue weighted by atomic mass is 10.1. The van der Waals surface area contributed by atoms with Crippen LogP contribution in [0, 0.1) is 0 Å². The molecule has 0 aliphatic rings. The van der Waals surface area contributed by atoms with Crippen LogP contribution in [0.1, 0.15) is 96.8 Å². The Bertz CT molecular complexity index is 596. The molecule has 0 fully saturated rings. The number of methoxy groups -OCH3 is 3.